The van der Waals surface area contributed by atoms with E-state index in [9.17, 15) is 14.4 Å². The molecular weight excluding hydrogens is 586 g/mol. The summed E-state index contributed by atoms with van der Waals surface area (Å²) >= 11 is 6.12. The Balaban J connectivity index is 1.31. The molecule has 0 bridgehead atoms. The van der Waals surface area contributed by atoms with Crippen LogP contribution in [-0.4, -0.2) is 69.5 Å². The molecule has 9 heteroatoms. The average molecular weight is 628 g/mol. The van der Waals surface area contributed by atoms with Crippen molar-refractivity contribution < 1.29 is 14.4 Å². The molecule has 8 nitrogen and oxygen atoms in total. The van der Waals surface area contributed by atoms with Crippen LogP contribution in [0.3, 0.4) is 0 Å². The number of benzene rings is 3. The van der Waals surface area contributed by atoms with Gasteiger partial charge in [-0.1, -0.05) is 117 Å². The number of hydrogen-bond acceptors (Lipinski definition) is 4. The van der Waals surface area contributed by atoms with Gasteiger partial charge in [0.25, 0.3) is 0 Å². The lowest BCUT2D eigenvalue weighted by molar-refractivity contribution is -0.193. The third kappa shape index (κ3) is 7.51. The standard InChI is InChI=1S/C36H42ClN5O3/c37-31-18-16-27(17-19-31)20-21-39-25-33-41(32(35(39)44)22-28-10-4-1-5-11-28)34(43)26-40(24-30-14-8-3-9-15-30)42(33)36(45)38-23-29-12-6-2-7-13-29/h2-3,6-9,12-19,28,32-33H,1,4-5,10-11,20-26H2,(H,38,45)/t32-,33-/m0/s1. The summed E-state index contributed by atoms with van der Waals surface area (Å²) in [4.78, 5) is 46.0. The van der Waals surface area contributed by atoms with E-state index in [4.69, 9.17) is 11.6 Å². The number of hydrogen-bond donors (Lipinski definition) is 1. The van der Waals surface area contributed by atoms with Crippen molar-refractivity contribution in [2.24, 2.45) is 5.92 Å². The van der Waals surface area contributed by atoms with Crippen molar-refractivity contribution in [1.29, 1.82) is 0 Å². The SMILES string of the molecule is O=C1[C@H](CC2CCCCC2)N2C(=O)CN(Cc3ccccc3)N(C(=O)NCc3ccccc3)[C@H]2CN1CCc1ccc(Cl)cc1. The van der Waals surface area contributed by atoms with Gasteiger partial charge in [-0.05, 0) is 47.6 Å². The number of halogens is 1. The van der Waals surface area contributed by atoms with Gasteiger partial charge in [-0.25, -0.2) is 14.8 Å². The largest absolute Gasteiger partial charge is 0.337 e. The number of nitrogens with one attached hydrogen (secondary N) is 1. The van der Waals surface area contributed by atoms with Crippen LogP contribution in [0.25, 0.3) is 0 Å². The third-order valence-corrected chi connectivity index (χ3v) is 9.65. The molecule has 0 unspecified atom stereocenters. The van der Waals surface area contributed by atoms with Gasteiger partial charge < -0.3 is 15.1 Å². The van der Waals surface area contributed by atoms with Crippen molar-refractivity contribution in [1.82, 2.24) is 25.1 Å². The van der Waals surface area contributed by atoms with Crippen LogP contribution in [0.2, 0.25) is 5.02 Å². The maximum atomic E-state index is 14.2. The van der Waals surface area contributed by atoms with Crippen LogP contribution >= 0.6 is 11.6 Å². The first-order valence-electron chi connectivity index (χ1n) is 16.2. The zero-order valence-corrected chi connectivity index (χ0v) is 26.4. The topological polar surface area (TPSA) is 76.2 Å². The van der Waals surface area contributed by atoms with Crippen molar-refractivity contribution in [2.75, 3.05) is 19.6 Å². The number of carbonyl (C=O) groups excluding carboxylic acids is 3. The maximum Gasteiger partial charge on any atom is 0.334 e. The number of carbonyl (C=O) groups is 3. The van der Waals surface area contributed by atoms with Crippen LogP contribution in [0.4, 0.5) is 4.79 Å². The van der Waals surface area contributed by atoms with E-state index in [2.05, 4.69) is 5.32 Å². The van der Waals surface area contributed by atoms with E-state index in [1.165, 1.54) is 6.42 Å². The molecule has 3 aromatic rings. The van der Waals surface area contributed by atoms with Gasteiger partial charge in [0.15, 0.2) is 0 Å². The zero-order chi connectivity index (χ0) is 31.2. The first-order valence-corrected chi connectivity index (χ1v) is 16.6. The number of urea groups is 1. The highest BCUT2D eigenvalue weighted by Crippen LogP contribution is 2.34. The summed E-state index contributed by atoms with van der Waals surface area (Å²) in [5, 5.41) is 7.35. The smallest absolute Gasteiger partial charge is 0.334 e. The summed E-state index contributed by atoms with van der Waals surface area (Å²) in [6.45, 7) is 1.55. The number of fused-ring (bicyclic) bond motifs is 1. The number of hydrazine groups is 1. The molecule has 0 radical (unpaired) electrons. The van der Waals surface area contributed by atoms with E-state index in [0.717, 1.165) is 42.4 Å². The van der Waals surface area contributed by atoms with Gasteiger partial charge in [-0.3, -0.25) is 9.59 Å². The van der Waals surface area contributed by atoms with Gasteiger partial charge in [-0.15, -0.1) is 0 Å². The molecule has 3 aliphatic rings. The Hall–Kier alpha value is -3.88. The van der Waals surface area contributed by atoms with E-state index in [1.807, 2.05) is 94.8 Å². The minimum absolute atomic E-state index is 0.0136. The predicted molar refractivity (Wildman–Crippen MR) is 175 cm³/mol. The second-order valence-corrected chi connectivity index (χ2v) is 12.9. The van der Waals surface area contributed by atoms with Crippen LogP contribution in [0, 0.1) is 5.92 Å². The zero-order valence-electron chi connectivity index (χ0n) is 25.7. The van der Waals surface area contributed by atoms with Gasteiger partial charge in [0.05, 0.1) is 13.1 Å². The monoisotopic (exact) mass is 627 g/mol. The first kappa shape index (κ1) is 31.1. The van der Waals surface area contributed by atoms with Crippen molar-refractivity contribution in [3.8, 4) is 0 Å². The van der Waals surface area contributed by atoms with Crippen LogP contribution in [-0.2, 0) is 29.1 Å². The molecule has 2 aliphatic heterocycles. The molecule has 236 valence electrons. The fraction of sp³-hybridized carbons (Fsp3) is 0.417. The summed E-state index contributed by atoms with van der Waals surface area (Å²) in [6, 6.07) is 26.5. The van der Waals surface area contributed by atoms with E-state index in [1.54, 1.807) is 9.91 Å². The number of nitrogens with zero attached hydrogens (tertiary/aromatic N) is 4. The maximum absolute atomic E-state index is 14.2. The number of rotatable bonds is 9. The van der Waals surface area contributed by atoms with Crippen molar-refractivity contribution in [3.05, 3.63) is 107 Å². The van der Waals surface area contributed by atoms with Crippen LogP contribution in [0.15, 0.2) is 84.9 Å². The molecular formula is C36H42ClN5O3. The van der Waals surface area contributed by atoms with E-state index in [-0.39, 0.29) is 30.9 Å². The fourth-order valence-electron chi connectivity index (χ4n) is 7.06. The highest BCUT2D eigenvalue weighted by atomic mass is 35.5. The van der Waals surface area contributed by atoms with E-state index in [0.29, 0.717) is 43.4 Å². The second-order valence-electron chi connectivity index (χ2n) is 12.5. The molecule has 2 heterocycles. The highest BCUT2D eigenvalue weighted by Gasteiger charge is 2.51. The molecule has 0 spiro atoms. The van der Waals surface area contributed by atoms with Gasteiger partial charge in [0.1, 0.15) is 12.2 Å². The molecule has 1 saturated carbocycles. The van der Waals surface area contributed by atoms with E-state index >= 15 is 0 Å². The van der Waals surface area contributed by atoms with Crippen molar-refractivity contribution in [2.45, 2.75) is 70.2 Å². The second kappa shape index (κ2) is 14.5. The molecule has 6 rings (SSSR count). The Morgan fingerprint density at radius 2 is 1.49 bits per heavy atom. The Labute approximate surface area is 270 Å². The van der Waals surface area contributed by atoms with Crippen molar-refractivity contribution in [3.63, 3.8) is 0 Å². The Morgan fingerprint density at radius 1 is 0.822 bits per heavy atom. The third-order valence-electron chi connectivity index (χ3n) is 9.40. The molecule has 2 atom stereocenters. The van der Waals surface area contributed by atoms with Crippen LogP contribution < -0.4 is 5.32 Å². The lowest BCUT2D eigenvalue weighted by atomic mass is 9.83. The van der Waals surface area contributed by atoms with E-state index < -0.39 is 12.2 Å². The molecule has 1 aliphatic carbocycles. The predicted octanol–water partition coefficient (Wildman–Crippen LogP) is 5.86. The molecule has 1 N–H and O–H groups in total. The minimum atomic E-state index is -0.609. The summed E-state index contributed by atoms with van der Waals surface area (Å²) in [5.74, 6) is 0.273. The number of piperazine rings is 1. The number of amides is 4. The van der Waals surface area contributed by atoms with Gasteiger partial charge in [-0.2, -0.15) is 0 Å². The molecule has 0 aromatic heterocycles. The highest BCUT2D eigenvalue weighted by molar-refractivity contribution is 6.30. The average Bonchev–Trinajstić information content (AvgIpc) is 3.06. The van der Waals surface area contributed by atoms with Crippen LogP contribution in [0.1, 0.15) is 55.2 Å². The Morgan fingerprint density at radius 3 is 2.18 bits per heavy atom. The minimum Gasteiger partial charge on any atom is -0.337 e. The molecule has 2 saturated heterocycles. The normalized spacial score (nSPS) is 21.1. The summed E-state index contributed by atoms with van der Waals surface area (Å²) in [5.41, 5.74) is 3.08. The summed E-state index contributed by atoms with van der Waals surface area (Å²) in [6.07, 6.45) is 6.36. The Kier molecular flexibility index (Phi) is 10.0. The van der Waals surface area contributed by atoms with Crippen LogP contribution in [0.5, 0.6) is 0 Å². The van der Waals surface area contributed by atoms with Gasteiger partial charge in [0.2, 0.25) is 11.8 Å². The fourth-order valence-corrected chi connectivity index (χ4v) is 7.19. The molecule has 3 aromatic carbocycles. The molecule has 4 amide bonds. The summed E-state index contributed by atoms with van der Waals surface area (Å²) < 4.78 is 0. The lowest BCUT2D eigenvalue weighted by Gasteiger charge is -2.55. The molecule has 3 fully saturated rings. The van der Waals surface area contributed by atoms with Gasteiger partial charge >= 0.3 is 6.03 Å². The first-order chi connectivity index (χ1) is 22.0. The molecule has 45 heavy (non-hydrogen) atoms. The van der Waals surface area contributed by atoms with Gasteiger partial charge in [0, 0.05) is 24.7 Å². The quantitative estimate of drug-likeness (QED) is 0.322. The van der Waals surface area contributed by atoms with Crippen molar-refractivity contribution >= 4 is 29.4 Å². The lowest BCUT2D eigenvalue weighted by Crippen LogP contribution is -2.76. The summed E-state index contributed by atoms with van der Waals surface area (Å²) in [7, 11) is 0. The Bertz CT molecular complexity index is 1450.